The molecule has 1 aliphatic rings. The van der Waals surface area contributed by atoms with Crippen molar-refractivity contribution in [2.24, 2.45) is 0 Å². The molecule has 1 aliphatic heterocycles. The summed E-state index contributed by atoms with van der Waals surface area (Å²) in [5.41, 5.74) is 4.51. The third-order valence-electron chi connectivity index (χ3n) is 6.33. The van der Waals surface area contributed by atoms with Gasteiger partial charge in [-0.15, -0.1) is 0 Å². The van der Waals surface area contributed by atoms with Crippen LogP contribution in [0.25, 0.3) is 23.0 Å². The van der Waals surface area contributed by atoms with Gasteiger partial charge >= 0.3 is 6.03 Å². The molecule has 2 N–H and O–H groups in total. The molecule has 8 heteroatoms. The number of carbonyl (C=O) groups is 2. The van der Waals surface area contributed by atoms with E-state index in [-0.39, 0.29) is 23.4 Å². The molecule has 37 heavy (non-hydrogen) atoms. The fourth-order valence-corrected chi connectivity index (χ4v) is 4.49. The standard InChI is InChI=1S/C29H26N4O4/c1-18-13-14-24(19(2)15-18)33-27(34)22(26(31-33)21-11-7-8-12-25(21)37-3)16-23-28(35)32(29(36)30-23)17-20-9-5-4-6-10-20/h4-16,31H,17H2,1-3H3,(H,30,36)/b23-16-. The van der Waals surface area contributed by atoms with Crippen LogP contribution >= 0.6 is 0 Å². The van der Waals surface area contributed by atoms with Crippen LogP contribution in [-0.4, -0.2) is 33.7 Å². The lowest BCUT2D eigenvalue weighted by Gasteiger charge is -2.11. The van der Waals surface area contributed by atoms with Gasteiger partial charge in [0.25, 0.3) is 11.5 Å². The van der Waals surface area contributed by atoms with E-state index in [0.717, 1.165) is 21.6 Å². The highest BCUT2D eigenvalue weighted by Crippen LogP contribution is 2.32. The number of benzene rings is 3. The van der Waals surface area contributed by atoms with Crippen LogP contribution in [0.4, 0.5) is 4.79 Å². The van der Waals surface area contributed by atoms with Crippen LogP contribution in [0.3, 0.4) is 0 Å². The molecule has 186 valence electrons. The molecule has 8 nitrogen and oxygen atoms in total. The maximum absolute atomic E-state index is 13.8. The van der Waals surface area contributed by atoms with Crippen LogP contribution in [0.2, 0.25) is 0 Å². The lowest BCUT2D eigenvalue weighted by molar-refractivity contribution is -0.123. The van der Waals surface area contributed by atoms with Crippen molar-refractivity contribution in [3.63, 3.8) is 0 Å². The summed E-state index contributed by atoms with van der Waals surface area (Å²) in [5, 5.41) is 5.84. The molecule has 3 aromatic carbocycles. The topological polar surface area (TPSA) is 96.4 Å². The van der Waals surface area contributed by atoms with Gasteiger partial charge in [-0.3, -0.25) is 19.6 Å². The summed E-state index contributed by atoms with van der Waals surface area (Å²) in [6.07, 6.45) is 1.44. The average Bonchev–Trinajstić information content (AvgIpc) is 3.35. The third-order valence-corrected chi connectivity index (χ3v) is 6.33. The number of carbonyl (C=O) groups excluding carboxylic acids is 2. The van der Waals surface area contributed by atoms with E-state index in [0.29, 0.717) is 22.7 Å². The molecule has 0 aliphatic carbocycles. The van der Waals surface area contributed by atoms with Crippen molar-refractivity contribution in [3.8, 4) is 22.7 Å². The number of hydrogen-bond donors (Lipinski definition) is 2. The van der Waals surface area contributed by atoms with Crippen molar-refractivity contribution < 1.29 is 14.3 Å². The maximum Gasteiger partial charge on any atom is 0.329 e. The quantitative estimate of drug-likeness (QED) is 0.304. The number of aryl methyl sites for hydroxylation is 2. The molecule has 0 radical (unpaired) electrons. The lowest BCUT2D eigenvalue weighted by atomic mass is 10.1. The molecule has 0 unspecified atom stereocenters. The van der Waals surface area contributed by atoms with Gasteiger partial charge in [0, 0.05) is 5.56 Å². The van der Waals surface area contributed by atoms with E-state index in [2.05, 4.69) is 10.4 Å². The van der Waals surface area contributed by atoms with E-state index in [1.54, 1.807) is 13.2 Å². The summed E-state index contributed by atoms with van der Waals surface area (Å²) in [7, 11) is 1.55. The van der Waals surface area contributed by atoms with Gasteiger partial charge in [0.15, 0.2) is 0 Å². The Bertz CT molecular complexity index is 1600. The van der Waals surface area contributed by atoms with E-state index < -0.39 is 11.9 Å². The van der Waals surface area contributed by atoms with Crippen molar-refractivity contribution in [3.05, 3.63) is 111 Å². The number of aromatic nitrogens is 2. The summed E-state index contributed by atoms with van der Waals surface area (Å²) in [6.45, 7) is 4.04. The van der Waals surface area contributed by atoms with Gasteiger partial charge in [-0.2, -0.15) is 0 Å². The molecular formula is C29H26N4O4. The van der Waals surface area contributed by atoms with Crippen molar-refractivity contribution >= 4 is 18.0 Å². The molecule has 1 aromatic heterocycles. The zero-order valence-electron chi connectivity index (χ0n) is 20.7. The van der Waals surface area contributed by atoms with E-state index in [9.17, 15) is 14.4 Å². The number of ether oxygens (including phenoxy) is 1. The first-order valence-corrected chi connectivity index (χ1v) is 11.8. The molecule has 1 saturated heterocycles. The van der Waals surface area contributed by atoms with Crippen LogP contribution in [-0.2, 0) is 11.3 Å². The summed E-state index contributed by atoms with van der Waals surface area (Å²) < 4.78 is 6.99. The molecule has 0 saturated carbocycles. The number of imide groups is 1. The number of para-hydroxylation sites is 1. The zero-order valence-corrected chi connectivity index (χ0v) is 20.7. The van der Waals surface area contributed by atoms with E-state index in [1.165, 1.54) is 10.8 Å². The Kier molecular flexibility index (Phi) is 6.23. The van der Waals surface area contributed by atoms with Crippen molar-refractivity contribution in [2.45, 2.75) is 20.4 Å². The third kappa shape index (κ3) is 4.45. The Morgan fingerprint density at radius 1 is 0.919 bits per heavy atom. The zero-order chi connectivity index (χ0) is 26.1. The molecule has 0 atom stereocenters. The Morgan fingerprint density at radius 3 is 2.38 bits per heavy atom. The van der Waals surface area contributed by atoms with Crippen molar-refractivity contribution in [1.29, 1.82) is 0 Å². The van der Waals surface area contributed by atoms with Gasteiger partial charge in [0.1, 0.15) is 11.4 Å². The fraction of sp³-hybridized carbons (Fsp3) is 0.138. The number of rotatable bonds is 6. The number of nitrogens with one attached hydrogen (secondary N) is 2. The second-order valence-corrected chi connectivity index (χ2v) is 8.90. The Hall–Kier alpha value is -4.85. The highest BCUT2D eigenvalue weighted by atomic mass is 16.5. The number of aromatic amines is 1. The Morgan fingerprint density at radius 2 is 1.65 bits per heavy atom. The van der Waals surface area contributed by atoms with Gasteiger partial charge in [-0.05, 0) is 49.2 Å². The van der Waals surface area contributed by atoms with Crippen LogP contribution in [0.15, 0.2) is 83.3 Å². The Balaban J connectivity index is 1.64. The summed E-state index contributed by atoms with van der Waals surface area (Å²) in [6, 6.07) is 21.8. The number of amides is 3. The average molecular weight is 495 g/mol. The summed E-state index contributed by atoms with van der Waals surface area (Å²) in [4.78, 5) is 40.8. The highest BCUT2D eigenvalue weighted by Gasteiger charge is 2.34. The van der Waals surface area contributed by atoms with Gasteiger partial charge in [-0.25, -0.2) is 9.48 Å². The van der Waals surface area contributed by atoms with Crippen LogP contribution in [0, 0.1) is 13.8 Å². The minimum Gasteiger partial charge on any atom is -0.496 e. The number of nitrogens with zero attached hydrogens (tertiary/aromatic N) is 2. The van der Waals surface area contributed by atoms with Gasteiger partial charge in [0.05, 0.1) is 30.6 Å². The first-order valence-electron chi connectivity index (χ1n) is 11.8. The number of hydrogen-bond acceptors (Lipinski definition) is 4. The number of urea groups is 1. The highest BCUT2D eigenvalue weighted by molar-refractivity contribution is 6.14. The first-order chi connectivity index (χ1) is 17.9. The van der Waals surface area contributed by atoms with Gasteiger partial charge in [0.2, 0.25) is 0 Å². The van der Waals surface area contributed by atoms with Gasteiger partial charge in [-0.1, -0.05) is 60.2 Å². The molecular weight excluding hydrogens is 468 g/mol. The molecule has 1 fully saturated rings. The SMILES string of the molecule is COc1ccccc1-c1[nH]n(-c2ccc(C)cc2C)c(=O)c1/C=C1\NC(=O)N(Cc2ccccc2)C1=O. The summed E-state index contributed by atoms with van der Waals surface area (Å²) >= 11 is 0. The molecule has 0 spiro atoms. The number of methoxy groups -OCH3 is 1. The first kappa shape index (κ1) is 23.9. The number of H-pyrrole nitrogens is 1. The van der Waals surface area contributed by atoms with E-state index in [1.807, 2.05) is 80.6 Å². The minimum absolute atomic E-state index is 0.0287. The van der Waals surface area contributed by atoms with E-state index >= 15 is 0 Å². The molecule has 0 bridgehead atoms. The Labute approximate surface area is 213 Å². The predicted octanol–water partition coefficient (Wildman–Crippen LogP) is 4.55. The van der Waals surface area contributed by atoms with Gasteiger partial charge < -0.3 is 10.1 Å². The predicted molar refractivity (Wildman–Crippen MR) is 141 cm³/mol. The fourth-order valence-electron chi connectivity index (χ4n) is 4.49. The molecule has 5 rings (SSSR count). The van der Waals surface area contributed by atoms with Crippen molar-refractivity contribution in [2.75, 3.05) is 7.11 Å². The van der Waals surface area contributed by atoms with Crippen molar-refractivity contribution in [1.82, 2.24) is 20.0 Å². The van der Waals surface area contributed by atoms with Crippen LogP contribution < -0.4 is 15.6 Å². The second kappa shape index (κ2) is 9.66. The lowest BCUT2D eigenvalue weighted by Crippen LogP contribution is -2.30. The molecule has 3 amide bonds. The van der Waals surface area contributed by atoms with Crippen LogP contribution in [0.1, 0.15) is 22.3 Å². The second-order valence-electron chi connectivity index (χ2n) is 8.90. The normalized spacial score (nSPS) is 14.4. The minimum atomic E-state index is -0.538. The maximum atomic E-state index is 13.8. The monoisotopic (exact) mass is 494 g/mol. The molecule has 4 aromatic rings. The summed E-state index contributed by atoms with van der Waals surface area (Å²) in [5.74, 6) is 0.0576. The largest absolute Gasteiger partial charge is 0.496 e. The van der Waals surface area contributed by atoms with Crippen LogP contribution in [0.5, 0.6) is 5.75 Å². The van der Waals surface area contributed by atoms with E-state index in [4.69, 9.17) is 4.74 Å². The molecule has 2 heterocycles. The smallest absolute Gasteiger partial charge is 0.329 e.